The van der Waals surface area contributed by atoms with E-state index in [-0.39, 0.29) is 23.0 Å². The highest BCUT2D eigenvalue weighted by atomic mass is 19.1. The van der Waals surface area contributed by atoms with Gasteiger partial charge in [-0.2, -0.15) is 4.98 Å². The van der Waals surface area contributed by atoms with E-state index in [2.05, 4.69) is 20.8 Å². The number of hydrogen-bond acceptors (Lipinski definition) is 6. The maximum Gasteiger partial charge on any atom is 0.294 e. The smallest absolute Gasteiger partial charge is 0.294 e. The van der Waals surface area contributed by atoms with Gasteiger partial charge in [0.05, 0.1) is 11.3 Å². The number of aryl methyl sites for hydroxylation is 2. The lowest BCUT2D eigenvalue weighted by Gasteiger charge is -2.10. The van der Waals surface area contributed by atoms with Crippen molar-refractivity contribution < 1.29 is 23.3 Å². The van der Waals surface area contributed by atoms with Crippen molar-refractivity contribution in [2.45, 2.75) is 40.7 Å². The maximum atomic E-state index is 13.5. The van der Waals surface area contributed by atoms with Crippen LogP contribution in [0.25, 0.3) is 0 Å². The predicted molar refractivity (Wildman–Crippen MR) is 114 cm³/mol. The molecule has 0 aliphatic carbocycles. The Morgan fingerprint density at radius 3 is 2.44 bits per heavy atom. The molecule has 2 heterocycles. The lowest BCUT2D eigenvalue weighted by molar-refractivity contribution is -0.117. The largest absolute Gasteiger partial charge is 0.344 e. The van der Waals surface area contributed by atoms with Gasteiger partial charge in [0.2, 0.25) is 5.89 Å². The molecule has 0 saturated carbocycles. The molecule has 168 valence electrons. The third kappa shape index (κ3) is 4.29. The summed E-state index contributed by atoms with van der Waals surface area (Å²) in [6.07, 6.45) is 0. The van der Waals surface area contributed by atoms with Crippen LogP contribution in [0.1, 0.15) is 62.3 Å². The van der Waals surface area contributed by atoms with Crippen LogP contribution in [-0.2, 0) is 11.8 Å². The molecule has 1 aromatic carbocycles. The van der Waals surface area contributed by atoms with E-state index in [1.165, 1.54) is 22.8 Å². The lowest BCUT2D eigenvalue weighted by atomic mass is 10.1. The van der Waals surface area contributed by atoms with Crippen molar-refractivity contribution in [3.8, 4) is 0 Å². The van der Waals surface area contributed by atoms with E-state index in [1.807, 2.05) is 0 Å². The number of nitrogens with zero attached hydrogens (tertiary/aromatic N) is 3. The summed E-state index contributed by atoms with van der Waals surface area (Å²) in [5.74, 6) is -1.91. The molecule has 0 aliphatic rings. The standard InChI is InChI=1S/C22H24FN5O4/c1-10-9-15(7-8-16(10)23)26-20(30)17-11(2)18(28(6)13(17)4)19(29)21(31)24-12(3)22-25-14(5)27-32-22/h7-9,12H,1-6H3,(H,24,31)(H,26,30)/t12-/m0/s1. The van der Waals surface area contributed by atoms with Crippen molar-refractivity contribution >= 4 is 23.3 Å². The van der Waals surface area contributed by atoms with Crippen LogP contribution in [0.15, 0.2) is 22.7 Å². The predicted octanol–water partition coefficient (Wildman–Crippen LogP) is 3.09. The first-order chi connectivity index (χ1) is 15.0. The Labute approximate surface area is 184 Å². The van der Waals surface area contributed by atoms with Crippen LogP contribution in [0, 0.1) is 33.5 Å². The first kappa shape index (κ1) is 22.9. The second-order valence-corrected chi connectivity index (χ2v) is 7.62. The van der Waals surface area contributed by atoms with Crippen molar-refractivity contribution in [2.75, 3.05) is 5.32 Å². The Kier molecular flexibility index (Phi) is 6.24. The molecule has 0 spiro atoms. The van der Waals surface area contributed by atoms with Gasteiger partial charge in [0.25, 0.3) is 17.6 Å². The van der Waals surface area contributed by atoms with E-state index in [4.69, 9.17) is 4.52 Å². The highest BCUT2D eigenvalue weighted by molar-refractivity contribution is 6.43. The van der Waals surface area contributed by atoms with Crippen LogP contribution in [0.4, 0.5) is 10.1 Å². The second kappa shape index (κ2) is 8.74. The monoisotopic (exact) mass is 441 g/mol. The minimum Gasteiger partial charge on any atom is -0.344 e. The number of hydrogen-bond donors (Lipinski definition) is 2. The van der Waals surface area contributed by atoms with Gasteiger partial charge in [-0.3, -0.25) is 14.4 Å². The topological polar surface area (TPSA) is 119 Å². The van der Waals surface area contributed by atoms with E-state index < -0.39 is 23.6 Å². The third-order valence-electron chi connectivity index (χ3n) is 5.26. The molecule has 0 fully saturated rings. The average Bonchev–Trinajstić information content (AvgIpc) is 3.25. The molecule has 0 unspecified atom stereocenters. The quantitative estimate of drug-likeness (QED) is 0.448. The van der Waals surface area contributed by atoms with Crippen molar-refractivity contribution in [3.05, 3.63) is 63.8 Å². The van der Waals surface area contributed by atoms with Gasteiger partial charge >= 0.3 is 0 Å². The fraction of sp³-hybridized carbons (Fsp3) is 0.318. The normalized spacial score (nSPS) is 11.8. The van der Waals surface area contributed by atoms with Crippen LogP contribution in [0.5, 0.6) is 0 Å². The maximum absolute atomic E-state index is 13.5. The van der Waals surface area contributed by atoms with Gasteiger partial charge in [-0.1, -0.05) is 5.16 Å². The SMILES string of the molecule is Cc1noc([C@H](C)NC(=O)C(=O)c2c(C)c(C(=O)Nc3ccc(F)c(C)c3)c(C)n2C)n1. The van der Waals surface area contributed by atoms with Crippen molar-refractivity contribution in [1.29, 1.82) is 0 Å². The van der Waals surface area contributed by atoms with Gasteiger partial charge in [-0.25, -0.2) is 4.39 Å². The first-order valence-corrected chi connectivity index (χ1v) is 9.90. The Morgan fingerprint density at radius 2 is 1.84 bits per heavy atom. The van der Waals surface area contributed by atoms with Gasteiger partial charge in [-0.05, 0) is 63.9 Å². The number of anilines is 1. The fourth-order valence-corrected chi connectivity index (χ4v) is 3.47. The zero-order valence-corrected chi connectivity index (χ0v) is 18.7. The summed E-state index contributed by atoms with van der Waals surface area (Å²) in [4.78, 5) is 42.5. The lowest BCUT2D eigenvalue weighted by Crippen LogP contribution is -2.34. The molecule has 9 nitrogen and oxygen atoms in total. The first-order valence-electron chi connectivity index (χ1n) is 9.90. The Hall–Kier alpha value is -3.82. The van der Waals surface area contributed by atoms with Gasteiger partial charge in [0.15, 0.2) is 5.82 Å². The number of halogens is 1. The van der Waals surface area contributed by atoms with Crippen molar-refractivity contribution in [3.63, 3.8) is 0 Å². The number of amides is 2. The van der Waals surface area contributed by atoms with E-state index in [9.17, 15) is 18.8 Å². The van der Waals surface area contributed by atoms with Crippen LogP contribution in [0.3, 0.4) is 0 Å². The Morgan fingerprint density at radius 1 is 1.16 bits per heavy atom. The molecule has 0 saturated heterocycles. The van der Waals surface area contributed by atoms with E-state index in [0.29, 0.717) is 28.3 Å². The Bertz CT molecular complexity index is 1230. The molecular weight excluding hydrogens is 417 g/mol. The highest BCUT2D eigenvalue weighted by Gasteiger charge is 2.30. The molecule has 3 rings (SSSR count). The third-order valence-corrected chi connectivity index (χ3v) is 5.26. The van der Waals surface area contributed by atoms with Crippen molar-refractivity contribution in [2.24, 2.45) is 7.05 Å². The highest BCUT2D eigenvalue weighted by Crippen LogP contribution is 2.24. The minimum atomic E-state index is -0.863. The van der Waals surface area contributed by atoms with Crippen LogP contribution < -0.4 is 10.6 Å². The zero-order valence-electron chi connectivity index (χ0n) is 18.7. The number of nitrogens with one attached hydrogen (secondary N) is 2. The molecule has 10 heteroatoms. The number of aromatic nitrogens is 3. The van der Waals surface area contributed by atoms with Gasteiger partial charge in [-0.15, -0.1) is 0 Å². The molecule has 1 atom stereocenters. The summed E-state index contributed by atoms with van der Waals surface area (Å²) >= 11 is 0. The number of benzene rings is 1. The summed E-state index contributed by atoms with van der Waals surface area (Å²) < 4.78 is 20.0. The van der Waals surface area contributed by atoms with Gasteiger partial charge in [0.1, 0.15) is 11.9 Å². The van der Waals surface area contributed by atoms with E-state index in [1.54, 1.807) is 41.7 Å². The number of Topliss-reactive ketones (excluding diaryl/α,β-unsaturated/α-hetero) is 1. The number of carbonyl (C=O) groups excluding carboxylic acids is 3. The molecule has 0 bridgehead atoms. The summed E-state index contributed by atoms with van der Waals surface area (Å²) in [5, 5.41) is 8.92. The van der Waals surface area contributed by atoms with Crippen LogP contribution >= 0.6 is 0 Å². The second-order valence-electron chi connectivity index (χ2n) is 7.62. The Balaban J connectivity index is 1.84. The van der Waals surface area contributed by atoms with Crippen molar-refractivity contribution in [1.82, 2.24) is 20.0 Å². The van der Waals surface area contributed by atoms with Crippen LogP contribution in [-0.4, -0.2) is 32.3 Å². The fourth-order valence-electron chi connectivity index (χ4n) is 3.47. The molecule has 32 heavy (non-hydrogen) atoms. The summed E-state index contributed by atoms with van der Waals surface area (Å²) in [6, 6.07) is 3.56. The van der Waals surface area contributed by atoms with Gasteiger partial charge in [0, 0.05) is 18.4 Å². The summed E-state index contributed by atoms with van der Waals surface area (Å²) in [5.41, 5.74) is 2.05. The summed E-state index contributed by atoms with van der Waals surface area (Å²) in [7, 11) is 1.60. The molecule has 0 radical (unpaired) electrons. The van der Waals surface area contributed by atoms with E-state index >= 15 is 0 Å². The number of rotatable bonds is 6. The number of ketones is 1. The van der Waals surface area contributed by atoms with Crippen LogP contribution in [0.2, 0.25) is 0 Å². The zero-order chi connectivity index (χ0) is 23.7. The number of carbonyl (C=O) groups is 3. The molecule has 2 amide bonds. The minimum absolute atomic E-state index is 0.0920. The molecular formula is C22H24FN5O4. The van der Waals surface area contributed by atoms with Gasteiger partial charge < -0.3 is 19.7 Å². The van der Waals surface area contributed by atoms with E-state index in [0.717, 1.165) is 0 Å². The molecule has 2 N–H and O–H groups in total. The molecule has 0 aliphatic heterocycles. The molecule has 2 aromatic heterocycles. The average molecular weight is 441 g/mol. The summed E-state index contributed by atoms with van der Waals surface area (Å²) in [6.45, 7) is 8.13. The molecule has 3 aromatic rings.